The van der Waals surface area contributed by atoms with E-state index in [1.54, 1.807) is 0 Å². The van der Waals surface area contributed by atoms with Crippen molar-refractivity contribution in [3.63, 3.8) is 0 Å². The van der Waals surface area contributed by atoms with Crippen molar-refractivity contribution in [1.29, 1.82) is 0 Å². The summed E-state index contributed by atoms with van der Waals surface area (Å²) in [6, 6.07) is 10.6. The van der Waals surface area contributed by atoms with Gasteiger partial charge in [0.2, 0.25) is 5.91 Å². The van der Waals surface area contributed by atoms with Crippen LogP contribution in [-0.4, -0.2) is 36.5 Å². The number of halogens is 6. The first-order valence-electron chi connectivity index (χ1n) is 9.89. The second-order valence-corrected chi connectivity index (χ2v) is 7.77. The van der Waals surface area contributed by atoms with Crippen LogP contribution in [0.2, 0.25) is 0 Å². The molecule has 1 heterocycles. The van der Waals surface area contributed by atoms with E-state index in [1.807, 2.05) is 35.2 Å². The van der Waals surface area contributed by atoms with Gasteiger partial charge in [0, 0.05) is 19.0 Å². The number of carbonyl (C=O) groups excluding carboxylic acids is 1. The van der Waals surface area contributed by atoms with Gasteiger partial charge in [-0.2, -0.15) is 26.3 Å². The molecule has 1 aliphatic rings. The topological polar surface area (TPSA) is 55.6 Å². The van der Waals surface area contributed by atoms with Gasteiger partial charge < -0.3 is 10.5 Å². The summed E-state index contributed by atoms with van der Waals surface area (Å²) in [6.45, 7) is 0.538. The molecular formula is C22H22F6N2O2. The zero-order valence-electron chi connectivity index (χ0n) is 16.9. The fourth-order valence-electron chi connectivity index (χ4n) is 3.89. The Kier molecular flexibility index (Phi) is 7.14. The first kappa shape index (κ1) is 24.1. The molecule has 2 unspecified atom stereocenters. The second kappa shape index (κ2) is 9.50. The Morgan fingerprint density at radius 1 is 1.00 bits per heavy atom. The number of rotatable bonds is 6. The smallest absolute Gasteiger partial charge is 0.373 e. The van der Waals surface area contributed by atoms with Crippen molar-refractivity contribution in [2.75, 3.05) is 19.6 Å². The third kappa shape index (κ3) is 6.23. The molecule has 2 aromatic rings. The van der Waals surface area contributed by atoms with E-state index in [-0.39, 0.29) is 24.1 Å². The molecule has 0 spiro atoms. The van der Waals surface area contributed by atoms with Gasteiger partial charge in [-0.05, 0) is 35.7 Å². The number of ether oxygens (including phenoxy) is 1. The van der Waals surface area contributed by atoms with Crippen LogP contribution in [0.3, 0.4) is 0 Å². The minimum atomic E-state index is -4.91. The Morgan fingerprint density at radius 3 is 2.12 bits per heavy atom. The zero-order chi connectivity index (χ0) is 23.5. The lowest BCUT2D eigenvalue weighted by molar-refractivity contribution is -0.143. The number of piperidine rings is 1. The third-order valence-electron chi connectivity index (χ3n) is 5.35. The quantitative estimate of drug-likeness (QED) is 0.642. The van der Waals surface area contributed by atoms with E-state index in [0.717, 1.165) is 5.56 Å². The van der Waals surface area contributed by atoms with Gasteiger partial charge in [-0.3, -0.25) is 9.69 Å². The van der Waals surface area contributed by atoms with E-state index in [1.165, 1.54) is 0 Å². The van der Waals surface area contributed by atoms with Gasteiger partial charge in [-0.15, -0.1) is 0 Å². The van der Waals surface area contributed by atoms with E-state index in [2.05, 4.69) is 0 Å². The molecule has 2 aromatic carbocycles. The summed E-state index contributed by atoms with van der Waals surface area (Å²) in [5.74, 6) is -0.711. The highest BCUT2D eigenvalue weighted by Crippen LogP contribution is 2.37. The predicted octanol–water partition coefficient (Wildman–Crippen LogP) is 4.58. The molecule has 1 aliphatic heterocycles. The van der Waals surface area contributed by atoms with Crippen LogP contribution in [0.5, 0.6) is 0 Å². The maximum atomic E-state index is 13.1. The molecule has 10 heteroatoms. The van der Waals surface area contributed by atoms with Crippen molar-refractivity contribution in [3.8, 4) is 0 Å². The van der Waals surface area contributed by atoms with Gasteiger partial charge >= 0.3 is 12.4 Å². The minimum Gasteiger partial charge on any atom is -0.373 e. The van der Waals surface area contributed by atoms with E-state index in [0.29, 0.717) is 31.6 Å². The number of likely N-dealkylation sites (tertiary alicyclic amines) is 1. The maximum absolute atomic E-state index is 13.1. The average molecular weight is 460 g/mol. The maximum Gasteiger partial charge on any atom is 0.416 e. The van der Waals surface area contributed by atoms with Crippen molar-refractivity contribution in [1.82, 2.24) is 4.90 Å². The first-order valence-corrected chi connectivity index (χ1v) is 9.89. The molecule has 1 fully saturated rings. The molecule has 0 radical (unpaired) electrons. The van der Waals surface area contributed by atoms with Crippen LogP contribution in [0, 0.1) is 0 Å². The first-order chi connectivity index (χ1) is 14.9. The molecule has 2 atom stereocenters. The van der Waals surface area contributed by atoms with Crippen LogP contribution in [0.1, 0.15) is 34.6 Å². The lowest BCUT2D eigenvalue weighted by Gasteiger charge is -2.38. The van der Waals surface area contributed by atoms with E-state index >= 15 is 0 Å². The summed E-state index contributed by atoms with van der Waals surface area (Å²) in [6.07, 6.45) is -9.84. The number of amides is 1. The molecule has 4 nitrogen and oxygen atoms in total. The number of alkyl halides is 6. The summed E-state index contributed by atoms with van der Waals surface area (Å²) in [5, 5.41) is 0. The lowest BCUT2D eigenvalue weighted by atomic mass is 9.87. The molecule has 1 amide bonds. The van der Waals surface area contributed by atoms with Crippen molar-refractivity contribution >= 4 is 5.91 Å². The molecule has 0 aliphatic carbocycles. The highest BCUT2D eigenvalue weighted by atomic mass is 19.4. The van der Waals surface area contributed by atoms with Crippen LogP contribution in [-0.2, 0) is 28.5 Å². The average Bonchev–Trinajstić information content (AvgIpc) is 2.71. The third-order valence-corrected chi connectivity index (χ3v) is 5.35. The number of nitrogens with two attached hydrogens (primary N) is 1. The highest BCUT2D eigenvalue weighted by molar-refractivity contribution is 5.75. The van der Waals surface area contributed by atoms with Crippen molar-refractivity contribution in [2.24, 2.45) is 5.73 Å². The Morgan fingerprint density at radius 2 is 1.59 bits per heavy atom. The van der Waals surface area contributed by atoms with Crippen LogP contribution in [0.25, 0.3) is 0 Å². The minimum absolute atomic E-state index is 0.0542. The Hall–Kier alpha value is -2.59. The summed E-state index contributed by atoms with van der Waals surface area (Å²) in [5.41, 5.74) is 3.22. The molecule has 174 valence electrons. The molecule has 0 aromatic heterocycles. The van der Waals surface area contributed by atoms with Gasteiger partial charge in [-0.1, -0.05) is 30.3 Å². The summed E-state index contributed by atoms with van der Waals surface area (Å²) >= 11 is 0. The van der Waals surface area contributed by atoms with Gasteiger partial charge in [0.1, 0.15) is 0 Å². The van der Waals surface area contributed by atoms with Gasteiger partial charge in [-0.25, -0.2) is 0 Å². The number of hydrogen-bond acceptors (Lipinski definition) is 3. The van der Waals surface area contributed by atoms with Gasteiger partial charge in [0.25, 0.3) is 0 Å². The molecule has 1 saturated heterocycles. The standard InChI is InChI=1S/C22H22F6N2O2/c23-21(24,25)16-8-14(9-17(10-16)22(26,27)28)13-32-19-6-7-30(12-20(29)31)11-18(19)15-4-2-1-3-5-15/h1-5,8-10,18-19H,6-7,11-13H2,(H2,29,31). The van der Waals surface area contributed by atoms with E-state index in [9.17, 15) is 31.1 Å². The Labute approximate surface area is 181 Å². The number of nitrogens with zero attached hydrogens (tertiary/aromatic N) is 1. The second-order valence-electron chi connectivity index (χ2n) is 7.77. The predicted molar refractivity (Wildman–Crippen MR) is 104 cm³/mol. The van der Waals surface area contributed by atoms with Crippen LogP contribution in [0.4, 0.5) is 26.3 Å². The molecular weight excluding hydrogens is 438 g/mol. The Balaban J connectivity index is 1.82. The molecule has 0 saturated carbocycles. The van der Waals surface area contributed by atoms with Gasteiger partial charge in [0.15, 0.2) is 0 Å². The van der Waals surface area contributed by atoms with Gasteiger partial charge in [0.05, 0.1) is 30.4 Å². The zero-order valence-corrected chi connectivity index (χ0v) is 16.9. The monoisotopic (exact) mass is 460 g/mol. The largest absolute Gasteiger partial charge is 0.416 e. The van der Waals surface area contributed by atoms with Crippen LogP contribution < -0.4 is 5.73 Å². The number of benzene rings is 2. The van der Waals surface area contributed by atoms with Crippen molar-refractivity contribution < 1.29 is 35.9 Å². The summed E-state index contributed by atoms with van der Waals surface area (Å²) < 4.78 is 84.5. The molecule has 0 bridgehead atoms. The van der Waals surface area contributed by atoms with Crippen molar-refractivity contribution in [3.05, 3.63) is 70.8 Å². The van der Waals surface area contributed by atoms with Crippen LogP contribution >= 0.6 is 0 Å². The van der Waals surface area contributed by atoms with E-state index in [4.69, 9.17) is 10.5 Å². The number of hydrogen-bond donors (Lipinski definition) is 1. The summed E-state index contributed by atoms with van der Waals surface area (Å²) in [7, 11) is 0. The highest BCUT2D eigenvalue weighted by Gasteiger charge is 2.37. The Bertz CT molecular complexity index is 898. The molecule has 32 heavy (non-hydrogen) atoms. The molecule has 3 rings (SSSR count). The summed E-state index contributed by atoms with van der Waals surface area (Å²) in [4.78, 5) is 13.1. The van der Waals surface area contributed by atoms with E-state index < -0.39 is 42.1 Å². The molecule has 2 N–H and O–H groups in total. The normalized spacial score (nSPS) is 20.3. The van der Waals surface area contributed by atoms with Crippen LogP contribution in [0.15, 0.2) is 48.5 Å². The number of primary amides is 1. The lowest BCUT2D eigenvalue weighted by Crippen LogP contribution is -2.46. The fraction of sp³-hybridized carbons (Fsp3) is 0.409. The van der Waals surface area contributed by atoms with Crippen molar-refractivity contribution in [2.45, 2.75) is 37.4 Å². The SMILES string of the molecule is NC(=O)CN1CCC(OCc2cc(C(F)(F)F)cc(C(F)(F)F)c2)C(c2ccccc2)C1. The fourth-order valence-corrected chi connectivity index (χ4v) is 3.89. The number of carbonyl (C=O) groups is 1.